The second-order valence-electron chi connectivity index (χ2n) is 5.45. The maximum absolute atomic E-state index is 13.0. The molecule has 0 saturated heterocycles. The lowest BCUT2D eigenvalue weighted by Gasteiger charge is -2.20. The molecule has 1 atom stereocenters. The van der Waals surface area contributed by atoms with E-state index in [0.717, 1.165) is 16.3 Å². The maximum Gasteiger partial charge on any atom is 0.238 e. The normalized spacial score (nSPS) is 12.0. The summed E-state index contributed by atoms with van der Waals surface area (Å²) in [6, 6.07) is 13.4. The van der Waals surface area contributed by atoms with Crippen molar-refractivity contribution >= 4 is 23.4 Å². The van der Waals surface area contributed by atoms with Crippen LogP contribution in [-0.2, 0) is 4.79 Å². The quantitative estimate of drug-likeness (QED) is 0.786. The Bertz CT molecular complexity index is 641. The fraction of sp³-hybridized carbons (Fsp3) is 0.278. The van der Waals surface area contributed by atoms with Crippen LogP contribution in [0.25, 0.3) is 0 Å². The highest BCUT2D eigenvalue weighted by atomic mass is 32.2. The molecule has 2 rings (SSSR count). The van der Waals surface area contributed by atoms with E-state index in [1.807, 2.05) is 13.8 Å². The predicted molar refractivity (Wildman–Crippen MR) is 92.5 cm³/mol. The third-order valence-electron chi connectivity index (χ3n) is 3.30. The van der Waals surface area contributed by atoms with Gasteiger partial charge in [-0.15, -0.1) is 11.8 Å². The van der Waals surface area contributed by atoms with Gasteiger partial charge in [-0.3, -0.25) is 4.79 Å². The van der Waals surface area contributed by atoms with E-state index in [4.69, 9.17) is 4.74 Å². The second-order valence-corrected chi connectivity index (χ2v) is 6.67. The first-order valence-electron chi connectivity index (χ1n) is 7.36. The zero-order valence-corrected chi connectivity index (χ0v) is 14.2. The van der Waals surface area contributed by atoms with E-state index in [0.29, 0.717) is 0 Å². The van der Waals surface area contributed by atoms with E-state index in [2.05, 4.69) is 5.32 Å². The van der Waals surface area contributed by atoms with Crippen LogP contribution in [0.2, 0.25) is 0 Å². The van der Waals surface area contributed by atoms with Gasteiger partial charge in [-0.05, 0) is 54.4 Å². The first-order chi connectivity index (χ1) is 11.0. The van der Waals surface area contributed by atoms with Crippen LogP contribution >= 0.6 is 11.8 Å². The Morgan fingerprint density at radius 3 is 2.22 bits per heavy atom. The highest BCUT2D eigenvalue weighted by Gasteiger charge is 2.23. The number of halogens is 1. The molecule has 0 radical (unpaired) electrons. The van der Waals surface area contributed by atoms with Gasteiger partial charge in [-0.2, -0.15) is 0 Å². The lowest BCUT2D eigenvalue weighted by atomic mass is 10.1. The van der Waals surface area contributed by atoms with Crippen molar-refractivity contribution in [2.24, 2.45) is 5.92 Å². The third kappa shape index (κ3) is 4.99. The molecule has 0 heterocycles. The molecule has 0 fully saturated rings. The number of rotatable bonds is 6. The standard InChI is InChI=1S/C18H20FNO2S/c1-12(2)17(23-16-10-4-13(19)5-11-16)18(21)20-14-6-8-15(22-3)9-7-14/h4-12,17H,1-3H3,(H,20,21)/t17-/m1/s1. The molecule has 1 amide bonds. The number of carbonyl (C=O) groups excluding carboxylic acids is 1. The summed E-state index contributed by atoms with van der Waals surface area (Å²) in [5.74, 6) is 0.532. The number of ether oxygens (including phenoxy) is 1. The first kappa shape index (κ1) is 17.3. The van der Waals surface area contributed by atoms with Crippen molar-refractivity contribution in [1.29, 1.82) is 0 Å². The van der Waals surface area contributed by atoms with Gasteiger partial charge >= 0.3 is 0 Å². The molecule has 1 N–H and O–H groups in total. The van der Waals surface area contributed by atoms with E-state index >= 15 is 0 Å². The van der Waals surface area contributed by atoms with Gasteiger partial charge in [0.15, 0.2) is 0 Å². The minimum atomic E-state index is -0.280. The molecule has 122 valence electrons. The molecule has 0 aliphatic carbocycles. The molecule has 2 aromatic carbocycles. The van der Waals surface area contributed by atoms with Crippen LogP contribution in [0.1, 0.15) is 13.8 Å². The molecular weight excluding hydrogens is 313 g/mol. The first-order valence-corrected chi connectivity index (χ1v) is 8.24. The van der Waals surface area contributed by atoms with Gasteiger partial charge in [0, 0.05) is 10.6 Å². The Balaban J connectivity index is 2.06. The largest absolute Gasteiger partial charge is 0.497 e. The van der Waals surface area contributed by atoms with Gasteiger partial charge < -0.3 is 10.1 Å². The Labute approximate surface area is 140 Å². The SMILES string of the molecule is COc1ccc(NC(=O)[C@H](Sc2ccc(F)cc2)C(C)C)cc1. The van der Waals surface area contributed by atoms with Gasteiger partial charge in [0.05, 0.1) is 12.4 Å². The topological polar surface area (TPSA) is 38.3 Å². The molecule has 2 aromatic rings. The molecule has 0 spiro atoms. The van der Waals surface area contributed by atoms with Gasteiger partial charge in [0.2, 0.25) is 5.91 Å². The predicted octanol–water partition coefficient (Wildman–Crippen LogP) is 4.59. The molecule has 0 aromatic heterocycles. The molecule has 5 heteroatoms. The van der Waals surface area contributed by atoms with Crippen molar-refractivity contribution in [3.63, 3.8) is 0 Å². The number of amides is 1. The number of carbonyl (C=O) groups is 1. The van der Waals surface area contributed by atoms with Gasteiger partial charge in [0.1, 0.15) is 11.6 Å². The number of benzene rings is 2. The van der Waals surface area contributed by atoms with Gasteiger partial charge in [-0.25, -0.2) is 4.39 Å². The summed E-state index contributed by atoms with van der Waals surface area (Å²) in [7, 11) is 1.60. The molecule has 0 aliphatic rings. The maximum atomic E-state index is 13.0. The van der Waals surface area contributed by atoms with Crippen molar-refractivity contribution in [2.45, 2.75) is 24.0 Å². The number of hydrogen-bond donors (Lipinski definition) is 1. The van der Waals surface area contributed by atoms with Crippen molar-refractivity contribution in [1.82, 2.24) is 0 Å². The molecule has 3 nitrogen and oxygen atoms in total. The van der Waals surface area contributed by atoms with Crippen LogP contribution in [0.15, 0.2) is 53.4 Å². The van der Waals surface area contributed by atoms with Crippen LogP contribution in [-0.4, -0.2) is 18.3 Å². The Morgan fingerprint density at radius 1 is 1.09 bits per heavy atom. The smallest absolute Gasteiger partial charge is 0.238 e. The number of nitrogens with one attached hydrogen (secondary N) is 1. The lowest BCUT2D eigenvalue weighted by Crippen LogP contribution is -2.29. The summed E-state index contributed by atoms with van der Waals surface area (Å²) >= 11 is 1.44. The summed E-state index contributed by atoms with van der Waals surface area (Å²) in [6.07, 6.45) is 0. The van der Waals surface area contributed by atoms with E-state index in [-0.39, 0.29) is 22.9 Å². The van der Waals surface area contributed by atoms with Crippen LogP contribution in [0.5, 0.6) is 5.75 Å². The average molecular weight is 333 g/mol. The molecule has 0 saturated carbocycles. The minimum Gasteiger partial charge on any atom is -0.497 e. The van der Waals surface area contributed by atoms with E-state index < -0.39 is 0 Å². The van der Waals surface area contributed by atoms with Gasteiger partial charge in [-0.1, -0.05) is 13.8 Å². The zero-order valence-electron chi connectivity index (χ0n) is 13.4. The highest BCUT2D eigenvalue weighted by molar-refractivity contribution is 8.00. The van der Waals surface area contributed by atoms with E-state index in [9.17, 15) is 9.18 Å². The fourth-order valence-corrected chi connectivity index (χ4v) is 3.06. The molecule has 23 heavy (non-hydrogen) atoms. The molecule has 0 bridgehead atoms. The third-order valence-corrected chi connectivity index (χ3v) is 4.85. The Kier molecular flexibility index (Phi) is 6.04. The summed E-state index contributed by atoms with van der Waals surface area (Å²) in [6.45, 7) is 3.99. The average Bonchev–Trinajstić information content (AvgIpc) is 2.54. The minimum absolute atomic E-state index is 0.0699. The van der Waals surface area contributed by atoms with Crippen LogP contribution in [0.3, 0.4) is 0 Å². The second kappa shape index (κ2) is 8.02. The van der Waals surface area contributed by atoms with Crippen molar-refractivity contribution < 1.29 is 13.9 Å². The number of hydrogen-bond acceptors (Lipinski definition) is 3. The fourth-order valence-electron chi connectivity index (χ4n) is 2.04. The van der Waals surface area contributed by atoms with Crippen LogP contribution in [0, 0.1) is 11.7 Å². The van der Waals surface area contributed by atoms with Crippen molar-refractivity contribution in [3.05, 3.63) is 54.3 Å². The van der Waals surface area contributed by atoms with Gasteiger partial charge in [0.25, 0.3) is 0 Å². The van der Waals surface area contributed by atoms with Crippen molar-refractivity contribution in [2.75, 3.05) is 12.4 Å². The molecular formula is C18H20FNO2S. The highest BCUT2D eigenvalue weighted by Crippen LogP contribution is 2.29. The Hall–Kier alpha value is -2.01. The summed E-state index contributed by atoms with van der Waals surface area (Å²) in [5.41, 5.74) is 0.723. The number of methoxy groups -OCH3 is 1. The van der Waals surface area contributed by atoms with Crippen LogP contribution in [0.4, 0.5) is 10.1 Å². The van der Waals surface area contributed by atoms with E-state index in [1.165, 1.54) is 23.9 Å². The van der Waals surface area contributed by atoms with E-state index in [1.54, 1.807) is 43.5 Å². The number of thioether (sulfide) groups is 1. The lowest BCUT2D eigenvalue weighted by molar-refractivity contribution is -0.116. The summed E-state index contributed by atoms with van der Waals surface area (Å²) in [5, 5.41) is 2.66. The summed E-state index contributed by atoms with van der Waals surface area (Å²) in [4.78, 5) is 13.4. The Morgan fingerprint density at radius 2 is 1.70 bits per heavy atom. The van der Waals surface area contributed by atoms with Crippen molar-refractivity contribution in [3.8, 4) is 5.75 Å². The number of anilines is 1. The molecule has 0 aliphatic heterocycles. The molecule has 0 unspecified atom stereocenters. The van der Waals surface area contributed by atoms with Crippen LogP contribution < -0.4 is 10.1 Å². The zero-order chi connectivity index (χ0) is 16.8. The summed E-state index contributed by atoms with van der Waals surface area (Å²) < 4.78 is 18.1. The monoisotopic (exact) mass is 333 g/mol.